The molecule has 0 radical (unpaired) electrons. The number of hydrogen-bond donors (Lipinski definition) is 0. The van der Waals surface area contributed by atoms with Gasteiger partial charge >= 0.3 is 30.4 Å². The molecule has 0 bridgehead atoms. The number of ether oxygens (including phenoxy) is 2. The Balaban J connectivity index is 2.80. The summed E-state index contributed by atoms with van der Waals surface area (Å²) in [5.41, 5.74) is 0. The van der Waals surface area contributed by atoms with E-state index in [4.69, 9.17) is 0 Å². The van der Waals surface area contributed by atoms with E-state index < -0.39 is 30.4 Å². The third-order valence-electron chi connectivity index (χ3n) is 1.25. The van der Waals surface area contributed by atoms with Crippen LogP contribution in [0.2, 0.25) is 0 Å². The van der Waals surface area contributed by atoms with E-state index in [0.29, 0.717) is 0 Å². The maximum Gasteiger partial charge on any atom is 0.461 e. The maximum absolute atomic E-state index is 12.2. The molecule has 0 aliphatic carbocycles. The van der Waals surface area contributed by atoms with Crippen LogP contribution in [0.15, 0.2) is 12.0 Å². The maximum atomic E-state index is 12.2. The standard InChI is InChI=1S/C5HF7O2/c6-1-2(7)14-3(13-1)4(8,9)5(10,11)12/h3H. The summed E-state index contributed by atoms with van der Waals surface area (Å²) in [7, 11) is 0. The summed E-state index contributed by atoms with van der Waals surface area (Å²) < 4.78 is 89.5. The van der Waals surface area contributed by atoms with E-state index in [1.54, 1.807) is 0 Å². The van der Waals surface area contributed by atoms with E-state index >= 15 is 0 Å². The second kappa shape index (κ2) is 2.92. The lowest BCUT2D eigenvalue weighted by Gasteiger charge is -2.23. The fraction of sp³-hybridized carbons (Fsp3) is 0.600. The molecular formula is C5HF7O2. The van der Waals surface area contributed by atoms with Gasteiger partial charge in [0, 0.05) is 0 Å². The summed E-state index contributed by atoms with van der Waals surface area (Å²) >= 11 is 0. The molecule has 0 saturated heterocycles. The Morgan fingerprint density at radius 2 is 1.21 bits per heavy atom. The van der Waals surface area contributed by atoms with Crippen molar-refractivity contribution in [2.24, 2.45) is 0 Å². The molecule has 14 heavy (non-hydrogen) atoms. The zero-order valence-electron chi connectivity index (χ0n) is 6.04. The van der Waals surface area contributed by atoms with Crippen LogP contribution in [0.5, 0.6) is 0 Å². The fourth-order valence-electron chi connectivity index (χ4n) is 0.586. The summed E-state index contributed by atoms with van der Waals surface area (Å²) in [5.74, 6) is -5.49. The molecule has 0 amide bonds. The van der Waals surface area contributed by atoms with E-state index in [-0.39, 0.29) is 0 Å². The first kappa shape index (κ1) is 10.9. The lowest BCUT2D eigenvalue weighted by molar-refractivity contribution is -0.347. The smallest absolute Gasteiger partial charge is 0.419 e. The van der Waals surface area contributed by atoms with Crippen LogP contribution in [0.4, 0.5) is 30.7 Å². The van der Waals surface area contributed by atoms with Crippen LogP contribution in [0.25, 0.3) is 0 Å². The molecule has 1 rings (SSSR count). The van der Waals surface area contributed by atoms with Crippen molar-refractivity contribution >= 4 is 0 Å². The van der Waals surface area contributed by atoms with Gasteiger partial charge in [-0.1, -0.05) is 0 Å². The molecule has 1 aliphatic heterocycles. The molecule has 82 valence electrons. The summed E-state index contributed by atoms with van der Waals surface area (Å²) in [6.45, 7) is 0. The number of alkyl halides is 5. The summed E-state index contributed by atoms with van der Waals surface area (Å²) in [5, 5.41) is 0. The van der Waals surface area contributed by atoms with Gasteiger partial charge in [-0.2, -0.15) is 30.7 Å². The van der Waals surface area contributed by atoms with Gasteiger partial charge in [0.1, 0.15) is 0 Å². The molecule has 0 N–H and O–H groups in total. The molecule has 0 unspecified atom stereocenters. The van der Waals surface area contributed by atoms with Crippen molar-refractivity contribution in [2.45, 2.75) is 18.4 Å². The molecule has 2 nitrogen and oxygen atoms in total. The number of hydrogen-bond acceptors (Lipinski definition) is 2. The van der Waals surface area contributed by atoms with Gasteiger partial charge in [0.05, 0.1) is 0 Å². The monoisotopic (exact) mass is 226 g/mol. The highest BCUT2D eigenvalue weighted by Gasteiger charge is 2.67. The van der Waals surface area contributed by atoms with Crippen molar-refractivity contribution in [3.63, 3.8) is 0 Å². The van der Waals surface area contributed by atoms with Gasteiger partial charge in [0.25, 0.3) is 0 Å². The highest BCUT2D eigenvalue weighted by molar-refractivity contribution is 4.95. The van der Waals surface area contributed by atoms with E-state index in [0.717, 1.165) is 0 Å². The van der Waals surface area contributed by atoms with Gasteiger partial charge in [-0.05, 0) is 0 Å². The SMILES string of the molecule is FC1=C(F)OC(C(F)(F)C(F)(F)F)O1. The topological polar surface area (TPSA) is 18.5 Å². The molecule has 0 aromatic carbocycles. The van der Waals surface area contributed by atoms with Crippen LogP contribution in [0, 0.1) is 0 Å². The molecule has 0 fully saturated rings. The lowest BCUT2D eigenvalue weighted by Crippen LogP contribution is -2.47. The molecule has 1 heterocycles. The number of rotatable bonds is 1. The van der Waals surface area contributed by atoms with Crippen LogP contribution >= 0.6 is 0 Å². The van der Waals surface area contributed by atoms with E-state index in [2.05, 4.69) is 9.47 Å². The van der Waals surface area contributed by atoms with Crippen molar-refractivity contribution in [3.8, 4) is 0 Å². The third kappa shape index (κ3) is 1.58. The molecular weight excluding hydrogens is 225 g/mol. The second-order valence-electron chi connectivity index (χ2n) is 2.24. The molecule has 0 aromatic rings. The highest BCUT2D eigenvalue weighted by atomic mass is 19.4. The Hall–Kier alpha value is -1.15. The molecule has 0 spiro atoms. The minimum absolute atomic E-state index is 2.24. The molecule has 0 atom stereocenters. The summed E-state index contributed by atoms with van der Waals surface area (Å²) in [4.78, 5) is 0. The Labute approximate surface area is 71.9 Å². The minimum atomic E-state index is -6.01. The average Bonchev–Trinajstić information content (AvgIpc) is 2.30. The van der Waals surface area contributed by atoms with Crippen molar-refractivity contribution in [3.05, 3.63) is 12.0 Å². The van der Waals surface area contributed by atoms with E-state index in [1.165, 1.54) is 0 Å². The largest absolute Gasteiger partial charge is 0.461 e. The van der Waals surface area contributed by atoms with Crippen LogP contribution in [-0.4, -0.2) is 18.4 Å². The second-order valence-corrected chi connectivity index (χ2v) is 2.24. The fourth-order valence-corrected chi connectivity index (χ4v) is 0.586. The lowest BCUT2D eigenvalue weighted by atomic mass is 10.3. The predicted octanol–water partition coefficient (Wildman–Crippen LogP) is 2.62. The van der Waals surface area contributed by atoms with Crippen LogP contribution in [-0.2, 0) is 9.47 Å². The predicted molar refractivity (Wildman–Crippen MR) is 26.2 cm³/mol. The highest BCUT2D eigenvalue weighted by Crippen LogP contribution is 2.43. The Morgan fingerprint density at radius 1 is 0.857 bits per heavy atom. The molecule has 9 heteroatoms. The number of halogens is 7. The molecule has 0 aromatic heterocycles. The van der Waals surface area contributed by atoms with E-state index in [1.807, 2.05) is 0 Å². The summed E-state index contributed by atoms with van der Waals surface area (Å²) in [6, 6.07) is -4.47. The first-order valence-corrected chi connectivity index (χ1v) is 2.99. The van der Waals surface area contributed by atoms with Crippen LogP contribution in [0.1, 0.15) is 0 Å². The Kier molecular flexibility index (Phi) is 2.28. The van der Waals surface area contributed by atoms with Crippen molar-refractivity contribution in [1.29, 1.82) is 0 Å². The average molecular weight is 226 g/mol. The van der Waals surface area contributed by atoms with Gasteiger partial charge in [0.15, 0.2) is 0 Å². The van der Waals surface area contributed by atoms with Crippen molar-refractivity contribution in [2.75, 3.05) is 0 Å². The first-order valence-electron chi connectivity index (χ1n) is 2.99. The quantitative estimate of drug-likeness (QED) is 0.640. The zero-order valence-corrected chi connectivity index (χ0v) is 6.04. The first-order chi connectivity index (χ1) is 6.16. The van der Waals surface area contributed by atoms with Gasteiger partial charge in [-0.15, -0.1) is 0 Å². The summed E-state index contributed by atoms with van der Waals surface area (Å²) in [6.07, 6.45) is -9.37. The van der Waals surface area contributed by atoms with Crippen molar-refractivity contribution in [1.82, 2.24) is 0 Å². The third-order valence-corrected chi connectivity index (χ3v) is 1.25. The molecule has 1 aliphatic rings. The van der Waals surface area contributed by atoms with Gasteiger partial charge in [-0.25, -0.2) is 0 Å². The van der Waals surface area contributed by atoms with Gasteiger partial charge in [-0.3, -0.25) is 0 Å². The van der Waals surface area contributed by atoms with Crippen molar-refractivity contribution < 1.29 is 40.2 Å². The molecule has 0 saturated carbocycles. The zero-order chi connectivity index (χ0) is 11.1. The van der Waals surface area contributed by atoms with Crippen LogP contribution in [0.3, 0.4) is 0 Å². The normalized spacial score (nSPS) is 19.6. The van der Waals surface area contributed by atoms with Gasteiger partial charge < -0.3 is 9.47 Å². The van der Waals surface area contributed by atoms with Gasteiger partial charge in [0.2, 0.25) is 0 Å². The Morgan fingerprint density at radius 3 is 1.50 bits per heavy atom. The van der Waals surface area contributed by atoms with Crippen LogP contribution < -0.4 is 0 Å². The minimum Gasteiger partial charge on any atom is -0.419 e. The Bertz CT molecular complexity index is 254. The van der Waals surface area contributed by atoms with E-state index in [9.17, 15) is 30.7 Å².